The van der Waals surface area contributed by atoms with Crippen LogP contribution in [-0.2, 0) is 28.2 Å². The maximum absolute atomic E-state index is 13.4. The van der Waals surface area contributed by atoms with Gasteiger partial charge in [0.1, 0.15) is 34.0 Å². The number of piperidine rings is 1. The Labute approximate surface area is 677 Å². The van der Waals surface area contributed by atoms with Crippen LogP contribution in [0.5, 0.6) is 0 Å². The van der Waals surface area contributed by atoms with Gasteiger partial charge in [-0.15, -0.1) is 0 Å². The van der Waals surface area contributed by atoms with Gasteiger partial charge >= 0.3 is 0 Å². The summed E-state index contributed by atoms with van der Waals surface area (Å²) in [7, 11) is 11.3. The molecule has 1 fully saturated rings. The molecule has 0 unspecified atom stereocenters. The zero-order valence-corrected chi connectivity index (χ0v) is 70.8. The lowest BCUT2D eigenvalue weighted by Crippen LogP contribution is -2.37. The molecule has 4 aromatic heterocycles. The quantitative estimate of drug-likeness (QED) is 0.0951. The Morgan fingerprint density at radius 3 is 0.939 bits per heavy atom. The number of nitrogens with zero attached hydrogens (tertiary/aromatic N) is 6. The van der Waals surface area contributed by atoms with Gasteiger partial charge in [0.25, 0.3) is 0 Å². The summed E-state index contributed by atoms with van der Waals surface area (Å²) < 4.78 is 22.3. The molecule has 0 aliphatic carbocycles. The van der Waals surface area contributed by atoms with E-state index in [1.807, 2.05) is 12.1 Å². The number of aromatic nitrogens is 4. The van der Waals surface area contributed by atoms with Gasteiger partial charge in [-0.1, -0.05) is 183 Å². The van der Waals surface area contributed by atoms with Crippen LogP contribution in [-0.4, -0.2) is 35.3 Å². The van der Waals surface area contributed by atoms with Gasteiger partial charge in [0, 0.05) is 107 Å². The molecule has 0 bridgehead atoms. The lowest BCUT2D eigenvalue weighted by Gasteiger charge is -2.29. The predicted molar refractivity (Wildman–Crippen MR) is 485 cm³/mol. The third-order valence-electron chi connectivity index (χ3n) is 23.2. The number of rotatable bonds is 11. The molecule has 114 heavy (non-hydrogen) atoms. The highest BCUT2D eigenvalue weighted by molar-refractivity contribution is 6.88. The van der Waals surface area contributed by atoms with Crippen molar-refractivity contribution in [1.82, 2.24) is 0 Å². The first kappa shape index (κ1) is 78.7. The molecule has 8 heteroatoms. The monoisotopic (exact) mass is 1510 g/mol. The second-order valence-corrected chi connectivity index (χ2v) is 38.0. The van der Waals surface area contributed by atoms with Crippen LogP contribution in [0.15, 0.2) is 292 Å². The fraction of sp³-hybridized carbons (Fsp3) is 0.208. The highest BCUT2D eigenvalue weighted by Crippen LogP contribution is 2.38. The third-order valence-corrected chi connectivity index (χ3v) is 25.3. The molecule has 0 radical (unpaired) electrons. The van der Waals surface area contributed by atoms with Gasteiger partial charge in [0.2, 0.25) is 22.8 Å². The zero-order valence-electron chi connectivity index (χ0n) is 69.8. The number of benzene rings is 12. The van der Waals surface area contributed by atoms with E-state index in [0.29, 0.717) is 0 Å². The lowest BCUT2D eigenvalue weighted by atomic mass is 9.95. The van der Waals surface area contributed by atoms with E-state index in [0.717, 1.165) is 16.3 Å². The van der Waals surface area contributed by atoms with E-state index in [9.17, 15) is 4.39 Å². The second-order valence-electron chi connectivity index (χ2n) is 32.9. The molecule has 0 amide bonds. The van der Waals surface area contributed by atoms with Crippen LogP contribution in [0.4, 0.5) is 15.8 Å². The smallest absolute Gasteiger partial charge is 0.213 e. The van der Waals surface area contributed by atoms with Crippen molar-refractivity contribution in [3.05, 3.63) is 342 Å². The molecule has 12 aromatic carbocycles. The SMILES string of the molecule is Cc1c[n+](C)c(-c2ccccc2C)cc1-c1ccc2cc(F)ccc2c1.Cc1c[n+](C)c(-c2ccccc2C)cc1-c1ccc2cc(N(C)C)ccc2c1.Cc1c[n+](C)c(-c2ccccc2C)cc1-c1ccc2cc(N3CCCCC3)ccc2c1.Cc1c[n+](C)c(-c2ccccc2C)cc1-c1ccc2cc([Si](C)(C)C)ccc2c1. The van der Waals surface area contributed by atoms with Crippen molar-refractivity contribution in [3.8, 4) is 89.5 Å². The Kier molecular flexibility index (Phi) is 23.3. The minimum Gasteiger partial charge on any atom is -0.378 e. The number of pyridine rings is 4. The van der Waals surface area contributed by atoms with Crippen LogP contribution in [0.3, 0.4) is 0 Å². The summed E-state index contributed by atoms with van der Waals surface area (Å²) in [5, 5.41) is 11.3. The van der Waals surface area contributed by atoms with Crippen molar-refractivity contribution >= 4 is 67.7 Å². The van der Waals surface area contributed by atoms with Gasteiger partial charge < -0.3 is 9.80 Å². The number of hydrogen-bond donors (Lipinski definition) is 0. The summed E-state index contributed by atoms with van der Waals surface area (Å²) in [5.41, 5.74) is 32.9. The lowest BCUT2D eigenvalue weighted by molar-refractivity contribution is -0.660. The average molecular weight is 1510 g/mol. The van der Waals surface area contributed by atoms with Crippen molar-refractivity contribution < 1.29 is 22.7 Å². The largest absolute Gasteiger partial charge is 0.378 e. The molecule has 0 N–H and O–H groups in total. The summed E-state index contributed by atoms with van der Waals surface area (Å²) in [4.78, 5) is 4.68. The Bertz CT molecular complexity index is 6290. The Hall–Kier alpha value is -12.0. The van der Waals surface area contributed by atoms with Crippen LogP contribution in [0.2, 0.25) is 19.6 Å². The van der Waals surface area contributed by atoms with Crippen molar-refractivity contribution in [2.45, 2.75) is 94.3 Å². The maximum atomic E-state index is 13.4. The number of fused-ring (bicyclic) bond motifs is 4. The maximum Gasteiger partial charge on any atom is 0.213 e. The first-order valence-electron chi connectivity index (χ1n) is 40.3. The normalized spacial score (nSPS) is 12.1. The molecular formula is C106H109FN6Si+4. The minimum absolute atomic E-state index is 0.199. The van der Waals surface area contributed by atoms with Crippen molar-refractivity contribution in [3.63, 3.8) is 0 Å². The Morgan fingerprint density at radius 2 is 0.588 bits per heavy atom. The molecule has 570 valence electrons. The fourth-order valence-electron chi connectivity index (χ4n) is 16.6. The molecule has 1 aliphatic rings. The standard InChI is InChI=1S/C29H31N2.C27H30NSi.C26H27N2.C24H21FN/c1-21-9-5-6-10-27(21)29-19-28(22(2)20-30(29)3)25-12-11-24-18-26(14-13-23(24)17-25)31-15-7-4-8-16-31;1-19-9-7-8-10-25(19)27-17-26(20(2)18-28(27)3)23-12-11-22-16-24(29(4,5)6)14-13-21(22)15-23;1-18-8-6-7-9-24(18)26-16-25(19(2)17-28(26)5)22-11-10-21-15-23(27(3)4)13-12-20(21)14-22;1-16-6-4-5-7-22(16)24-14-23(17(2)15-26(24)3)20-9-8-19-13-21(25)11-10-18(19)12-20/h5-6,9-14,17-20H,4,7-8,15-16H2,1-3H3;7-18H,1-6H3;6-17H,1-5H3;4-15H,1-3H3/q4*+1. The van der Waals surface area contributed by atoms with Gasteiger partial charge in [-0.3, -0.25) is 0 Å². The summed E-state index contributed by atoms with van der Waals surface area (Å²) in [6.45, 7) is 27.0. The first-order chi connectivity index (χ1) is 54.8. The Morgan fingerprint density at radius 1 is 0.289 bits per heavy atom. The van der Waals surface area contributed by atoms with E-state index in [-0.39, 0.29) is 5.82 Å². The van der Waals surface area contributed by atoms with Gasteiger partial charge in [-0.2, -0.15) is 0 Å². The summed E-state index contributed by atoms with van der Waals surface area (Å²) in [6.07, 6.45) is 12.9. The van der Waals surface area contributed by atoms with E-state index in [1.54, 1.807) is 6.07 Å². The van der Waals surface area contributed by atoms with Gasteiger partial charge in [0.05, 0.1) is 8.07 Å². The first-order valence-corrected chi connectivity index (χ1v) is 43.8. The molecule has 6 nitrogen and oxygen atoms in total. The van der Waals surface area contributed by atoms with Crippen molar-refractivity contribution in [2.24, 2.45) is 28.2 Å². The summed E-state index contributed by atoms with van der Waals surface area (Å²) in [6, 6.07) is 95.9. The van der Waals surface area contributed by atoms with Crippen LogP contribution in [0.1, 0.15) is 63.8 Å². The molecular weight excluding hydrogens is 1400 g/mol. The van der Waals surface area contributed by atoms with E-state index in [4.69, 9.17) is 0 Å². The zero-order chi connectivity index (χ0) is 80.2. The second kappa shape index (κ2) is 33.8. The number of aryl methyl sites for hydroxylation is 12. The molecule has 0 spiro atoms. The van der Waals surface area contributed by atoms with E-state index >= 15 is 0 Å². The fourth-order valence-corrected chi connectivity index (χ4v) is 17.7. The third kappa shape index (κ3) is 17.3. The number of anilines is 2. The van der Waals surface area contributed by atoms with Crippen LogP contribution < -0.4 is 33.3 Å². The summed E-state index contributed by atoms with van der Waals surface area (Å²) in [5.74, 6) is -0.199. The van der Waals surface area contributed by atoms with E-state index in [1.165, 1.54) is 216 Å². The molecule has 5 heterocycles. The summed E-state index contributed by atoms with van der Waals surface area (Å²) >= 11 is 0. The van der Waals surface area contributed by atoms with Gasteiger partial charge in [0.15, 0.2) is 24.8 Å². The predicted octanol–water partition coefficient (Wildman–Crippen LogP) is 24.2. The average Bonchev–Trinajstić information content (AvgIpc) is 0.791. The minimum atomic E-state index is -1.30. The molecule has 1 aliphatic heterocycles. The molecule has 0 saturated carbocycles. The topological polar surface area (TPSA) is 22.0 Å². The van der Waals surface area contributed by atoms with Gasteiger partial charge in [-0.05, 0) is 269 Å². The number of halogens is 1. The Balaban J connectivity index is 0.000000126. The van der Waals surface area contributed by atoms with Crippen LogP contribution >= 0.6 is 0 Å². The van der Waals surface area contributed by atoms with Crippen LogP contribution in [0, 0.1) is 61.2 Å². The van der Waals surface area contributed by atoms with Crippen LogP contribution in [0.25, 0.3) is 133 Å². The van der Waals surface area contributed by atoms with Gasteiger partial charge in [-0.25, -0.2) is 22.7 Å². The molecule has 1 saturated heterocycles. The molecule has 0 atom stereocenters. The molecule has 17 rings (SSSR count). The molecule has 16 aromatic rings. The highest BCUT2D eigenvalue weighted by atomic mass is 28.3. The van der Waals surface area contributed by atoms with E-state index < -0.39 is 8.07 Å². The van der Waals surface area contributed by atoms with Crippen molar-refractivity contribution in [2.75, 3.05) is 37.0 Å². The number of hydrogen-bond acceptors (Lipinski definition) is 2. The highest BCUT2D eigenvalue weighted by Gasteiger charge is 2.24. The van der Waals surface area contributed by atoms with E-state index in [2.05, 4.69) is 413 Å². The van der Waals surface area contributed by atoms with Crippen molar-refractivity contribution in [1.29, 1.82) is 0 Å².